The molecule has 0 aromatic heterocycles. The maximum atomic E-state index is 13.8. The first-order chi connectivity index (χ1) is 8.91. The van der Waals surface area contributed by atoms with Gasteiger partial charge < -0.3 is 0 Å². The highest BCUT2D eigenvalue weighted by Crippen LogP contribution is 2.37. The van der Waals surface area contributed by atoms with Crippen LogP contribution in [0.4, 0.5) is 13.2 Å². The number of benzene rings is 2. The minimum Gasteiger partial charge on any atom is -0.207 e. The van der Waals surface area contributed by atoms with Gasteiger partial charge in [0.05, 0.1) is 9.85 Å². The highest BCUT2D eigenvalue weighted by Gasteiger charge is 2.20. The minimum atomic E-state index is -0.703. The van der Waals surface area contributed by atoms with Gasteiger partial charge in [0, 0.05) is 11.6 Å². The Morgan fingerprint density at radius 2 is 1.68 bits per heavy atom. The van der Waals surface area contributed by atoms with Gasteiger partial charge in [-0.05, 0) is 30.2 Å². The van der Waals surface area contributed by atoms with E-state index in [1.807, 2.05) is 0 Å². The molecule has 2 aromatic rings. The van der Waals surface area contributed by atoms with Gasteiger partial charge in [0.2, 0.25) is 0 Å². The fourth-order valence-electron chi connectivity index (χ4n) is 1.76. The topological polar surface area (TPSA) is 0 Å². The molecule has 0 bridgehead atoms. The Balaban J connectivity index is 2.53. The van der Waals surface area contributed by atoms with E-state index in [4.69, 9.17) is 11.6 Å². The summed E-state index contributed by atoms with van der Waals surface area (Å²) in [4.78, 5) is -0.644. The number of halogens is 5. The molecule has 0 aliphatic rings. The summed E-state index contributed by atoms with van der Waals surface area (Å²) in [5, 5.41) is -0.0780. The molecule has 0 fully saturated rings. The van der Waals surface area contributed by atoms with Crippen LogP contribution in [0.2, 0.25) is 5.02 Å². The zero-order valence-corrected chi connectivity index (χ0v) is 12.2. The van der Waals surface area contributed by atoms with Crippen LogP contribution in [0.1, 0.15) is 21.5 Å². The van der Waals surface area contributed by atoms with Gasteiger partial charge in [0.25, 0.3) is 0 Å². The summed E-state index contributed by atoms with van der Waals surface area (Å²) in [5.74, 6) is -1.90. The highest BCUT2D eigenvalue weighted by molar-refractivity contribution is 9.09. The van der Waals surface area contributed by atoms with Crippen molar-refractivity contribution < 1.29 is 13.2 Å². The third kappa shape index (κ3) is 2.79. The molecule has 0 aliphatic heterocycles. The van der Waals surface area contributed by atoms with Crippen molar-refractivity contribution in [3.8, 4) is 0 Å². The molecule has 2 aromatic carbocycles. The molecule has 0 saturated carbocycles. The monoisotopic (exact) mass is 348 g/mol. The van der Waals surface area contributed by atoms with Crippen molar-refractivity contribution in [2.75, 3.05) is 0 Å². The first kappa shape index (κ1) is 14.4. The zero-order valence-electron chi connectivity index (χ0n) is 9.85. The quantitative estimate of drug-likeness (QED) is 0.624. The third-order valence-electron chi connectivity index (χ3n) is 2.81. The first-order valence-electron chi connectivity index (χ1n) is 5.45. The standard InChI is InChI=1S/C14H9BrClF3/c1-7-5-9(12(19)6-11(7)18)13(15)8-3-2-4-10(17)14(8)16/h2-6,13H,1H3. The van der Waals surface area contributed by atoms with E-state index in [1.54, 1.807) is 6.07 Å². The summed E-state index contributed by atoms with van der Waals surface area (Å²) in [6.45, 7) is 1.53. The normalized spacial score (nSPS) is 12.5. The number of hydrogen-bond donors (Lipinski definition) is 0. The molecule has 100 valence electrons. The van der Waals surface area contributed by atoms with E-state index < -0.39 is 22.3 Å². The van der Waals surface area contributed by atoms with Crippen LogP contribution < -0.4 is 0 Å². The van der Waals surface area contributed by atoms with Gasteiger partial charge in [-0.2, -0.15) is 0 Å². The molecule has 1 unspecified atom stereocenters. The second-order valence-corrected chi connectivity index (χ2v) is 5.42. The lowest BCUT2D eigenvalue weighted by Gasteiger charge is -2.14. The number of rotatable bonds is 2. The van der Waals surface area contributed by atoms with Crippen molar-refractivity contribution in [3.63, 3.8) is 0 Å². The summed E-state index contributed by atoms with van der Waals surface area (Å²) < 4.78 is 40.4. The summed E-state index contributed by atoms with van der Waals surface area (Å²) in [7, 11) is 0. The Morgan fingerprint density at radius 3 is 2.37 bits per heavy atom. The summed E-state index contributed by atoms with van der Waals surface area (Å²) in [6, 6.07) is 6.48. The van der Waals surface area contributed by atoms with E-state index in [2.05, 4.69) is 15.9 Å². The second kappa shape index (κ2) is 5.55. The lowest BCUT2D eigenvalue weighted by atomic mass is 10.0. The Bertz CT molecular complexity index is 628. The van der Waals surface area contributed by atoms with Crippen LogP contribution in [-0.2, 0) is 0 Å². The fourth-order valence-corrected chi connectivity index (χ4v) is 2.86. The molecule has 0 radical (unpaired) electrons. The molecule has 0 saturated heterocycles. The SMILES string of the molecule is Cc1cc(C(Br)c2cccc(F)c2Cl)c(F)cc1F. The smallest absolute Gasteiger partial charge is 0.142 e. The van der Waals surface area contributed by atoms with Gasteiger partial charge in [-0.15, -0.1) is 0 Å². The molecule has 0 heterocycles. The lowest BCUT2D eigenvalue weighted by molar-refractivity contribution is 0.568. The Hall–Kier alpha value is -1.00. The van der Waals surface area contributed by atoms with Crippen molar-refractivity contribution in [2.45, 2.75) is 11.8 Å². The molecule has 0 nitrogen and oxygen atoms in total. The van der Waals surface area contributed by atoms with E-state index in [0.717, 1.165) is 6.07 Å². The van der Waals surface area contributed by atoms with Crippen molar-refractivity contribution in [2.24, 2.45) is 0 Å². The molecule has 0 amide bonds. The maximum Gasteiger partial charge on any atom is 0.142 e. The van der Waals surface area contributed by atoms with E-state index >= 15 is 0 Å². The summed E-state index contributed by atoms with van der Waals surface area (Å²) in [5.41, 5.74) is 0.923. The average molecular weight is 350 g/mol. The van der Waals surface area contributed by atoms with Crippen LogP contribution in [0, 0.1) is 24.4 Å². The Labute approximate surface area is 122 Å². The molecular weight excluding hydrogens is 341 g/mol. The van der Waals surface area contributed by atoms with Gasteiger partial charge in [-0.1, -0.05) is 39.7 Å². The zero-order chi connectivity index (χ0) is 14.2. The molecule has 0 aliphatic carbocycles. The summed E-state index contributed by atoms with van der Waals surface area (Å²) in [6.07, 6.45) is 0. The molecule has 19 heavy (non-hydrogen) atoms. The number of aryl methyl sites for hydroxylation is 1. The van der Waals surface area contributed by atoms with Crippen molar-refractivity contribution in [3.05, 3.63) is 69.5 Å². The molecule has 5 heteroatoms. The van der Waals surface area contributed by atoms with Crippen LogP contribution in [0.5, 0.6) is 0 Å². The predicted octanol–water partition coefficient (Wildman–Crippen LogP) is 5.55. The van der Waals surface area contributed by atoms with E-state index in [-0.39, 0.29) is 10.6 Å². The van der Waals surface area contributed by atoms with Crippen molar-refractivity contribution >= 4 is 27.5 Å². The van der Waals surface area contributed by atoms with Crippen LogP contribution in [0.3, 0.4) is 0 Å². The maximum absolute atomic E-state index is 13.8. The number of alkyl halides is 1. The molecule has 0 N–H and O–H groups in total. The fraction of sp³-hybridized carbons (Fsp3) is 0.143. The van der Waals surface area contributed by atoms with Crippen molar-refractivity contribution in [1.29, 1.82) is 0 Å². The highest BCUT2D eigenvalue weighted by atomic mass is 79.9. The van der Waals surface area contributed by atoms with Crippen LogP contribution >= 0.6 is 27.5 Å². The molecular formula is C14H9BrClF3. The molecule has 2 rings (SSSR count). The Kier molecular flexibility index (Phi) is 4.21. The van der Waals surface area contributed by atoms with Gasteiger partial charge >= 0.3 is 0 Å². The molecule has 1 atom stereocenters. The van der Waals surface area contributed by atoms with Crippen LogP contribution in [0.25, 0.3) is 0 Å². The lowest BCUT2D eigenvalue weighted by Crippen LogP contribution is -2.01. The van der Waals surface area contributed by atoms with Gasteiger partial charge in [0.15, 0.2) is 0 Å². The first-order valence-corrected chi connectivity index (χ1v) is 6.74. The largest absolute Gasteiger partial charge is 0.207 e. The average Bonchev–Trinajstić information content (AvgIpc) is 2.36. The Morgan fingerprint density at radius 1 is 1.00 bits per heavy atom. The van der Waals surface area contributed by atoms with E-state index in [0.29, 0.717) is 11.1 Å². The number of hydrogen-bond acceptors (Lipinski definition) is 0. The van der Waals surface area contributed by atoms with Gasteiger partial charge in [0.1, 0.15) is 17.5 Å². The van der Waals surface area contributed by atoms with Crippen molar-refractivity contribution in [1.82, 2.24) is 0 Å². The van der Waals surface area contributed by atoms with Crippen LogP contribution in [0.15, 0.2) is 30.3 Å². The minimum absolute atomic E-state index is 0.0780. The predicted molar refractivity (Wildman–Crippen MR) is 73.3 cm³/mol. The van der Waals surface area contributed by atoms with Gasteiger partial charge in [-0.25, -0.2) is 13.2 Å². The third-order valence-corrected chi connectivity index (χ3v) is 4.19. The van der Waals surface area contributed by atoms with Gasteiger partial charge in [-0.3, -0.25) is 0 Å². The second-order valence-electron chi connectivity index (χ2n) is 4.13. The summed E-state index contributed by atoms with van der Waals surface area (Å²) >= 11 is 9.13. The van der Waals surface area contributed by atoms with E-state index in [9.17, 15) is 13.2 Å². The van der Waals surface area contributed by atoms with Crippen LogP contribution in [-0.4, -0.2) is 0 Å². The van der Waals surface area contributed by atoms with E-state index in [1.165, 1.54) is 25.1 Å². The molecule has 0 spiro atoms.